The van der Waals surface area contributed by atoms with E-state index in [-0.39, 0.29) is 12.0 Å². The number of carbonyl (C=O) groups is 1. The van der Waals surface area contributed by atoms with Crippen molar-refractivity contribution in [2.75, 3.05) is 13.1 Å². The number of nitrogens with one attached hydrogen (secondary N) is 2. The van der Waals surface area contributed by atoms with Crippen molar-refractivity contribution in [1.82, 2.24) is 10.6 Å². The molecule has 0 aliphatic carbocycles. The molecule has 3 nitrogen and oxygen atoms in total. The molecular weight excluding hydrogens is 288 g/mol. The number of carbonyl (C=O) groups excluding carboxylic acids is 1. The lowest BCUT2D eigenvalue weighted by Gasteiger charge is -2.30. The van der Waals surface area contributed by atoms with Gasteiger partial charge in [0.05, 0.1) is 11.1 Å². The van der Waals surface area contributed by atoms with Gasteiger partial charge in [-0.05, 0) is 31.0 Å². The third kappa shape index (κ3) is 3.53. The third-order valence-electron chi connectivity index (χ3n) is 3.69. The Balaban J connectivity index is 2.20. The summed E-state index contributed by atoms with van der Waals surface area (Å²) in [4.78, 5) is 12.0. The number of alkyl halides is 3. The van der Waals surface area contributed by atoms with Crippen LogP contribution in [-0.4, -0.2) is 25.0 Å². The molecule has 1 amide bonds. The van der Waals surface area contributed by atoms with E-state index in [1.54, 1.807) is 0 Å². The van der Waals surface area contributed by atoms with Crippen LogP contribution in [0, 0.1) is 11.7 Å². The van der Waals surface area contributed by atoms with E-state index in [2.05, 4.69) is 10.6 Å². The van der Waals surface area contributed by atoms with Crippen LogP contribution in [0.1, 0.15) is 29.3 Å². The summed E-state index contributed by atoms with van der Waals surface area (Å²) in [6, 6.07) is 2.49. The summed E-state index contributed by atoms with van der Waals surface area (Å²) >= 11 is 0. The molecule has 0 saturated carbocycles. The van der Waals surface area contributed by atoms with Crippen molar-refractivity contribution < 1.29 is 22.4 Å². The zero-order valence-corrected chi connectivity index (χ0v) is 11.4. The number of amides is 1. The Bertz CT molecular complexity index is 530. The molecular formula is C14H16F4N2O. The second kappa shape index (κ2) is 6.01. The van der Waals surface area contributed by atoms with Crippen molar-refractivity contribution in [1.29, 1.82) is 0 Å². The van der Waals surface area contributed by atoms with Gasteiger partial charge in [0.25, 0.3) is 5.91 Å². The summed E-state index contributed by atoms with van der Waals surface area (Å²) in [6.45, 7) is 3.28. The zero-order valence-electron chi connectivity index (χ0n) is 11.4. The fraction of sp³-hybridized carbons (Fsp3) is 0.500. The fourth-order valence-electron chi connectivity index (χ4n) is 2.36. The van der Waals surface area contributed by atoms with Crippen LogP contribution >= 0.6 is 0 Å². The Hall–Kier alpha value is -1.63. The second-order valence-electron chi connectivity index (χ2n) is 5.21. The highest BCUT2D eigenvalue weighted by Crippen LogP contribution is 2.32. The molecule has 2 unspecified atom stereocenters. The Morgan fingerprint density at radius 3 is 2.71 bits per heavy atom. The molecule has 2 rings (SSSR count). The van der Waals surface area contributed by atoms with Crippen LogP contribution in [0.3, 0.4) is 0 Å². The van der Waals surface area contributed by atoms with Gasteiger partial charge in [0.15, 0.2) is 0 Å². The predicted octanol–water partition coefficient (Wildman–Crippen LogP) is 2.57. The Labute approximate surface area is 119 Å². The summed E-state index contributed by atoms with van der Waals surface area (Å²) in [5, 5.41) is 5.68. The maximum Gasteiger partial charge on any atom is 0.419 e. The van der Waals surface area contributed by atoms with Gasteiger partial charge in [-0.15, -0.1) is 0 Å². The normalized spacial score (nSPS) is 22.9. The average Bonchev–Trinajstić information content (AvgIpc) is 2.40. The van der Waals surface area contributed by atoms with Gasteiger partial charge in [0.1, 0.15) is 5.82 Å². The molecule has 0 aromatic heterocycles. The summed E-state index contributed by atoms with van der Waals surface area (Å²) in [7, 11) is 0. The van der Waals surface area contributed by atoms with E-state index >= 15 is 0 Å². The lowest BCUT2D eigenvalue weighted by atomic mass is 9.94. The molecule has 116 valence electrons. The lowest BCUT2D eigenvalue weighted by molar-refractivity contribution is -0.140. The molecule has 0 radical (unpaired) electrons. The summed E-state index contributed by atoms with van der Waals surface area (Å²) < 4.78 is 51.8. The largest absolute Gasteiger partial charge is 0.419 e. The highest BCUT2D eigenvalue weighted by Gasteiger charge is 2.36. The predicted molar refractivity (Wildman–Crippen MR) is 69.3 cm³/mol. The minimum Gasteiger partial charge on any atom is -0.348 e. The van der Waals surface area contributed by atoms with Crippen LogP contribution in [0.5, 0.6) is 0 Å². The van der Waals surface area contributed by atoms with Crippen molar-refractivity contribution in [3.8, 4) is 0 Å². The molecule has 7 heteroatoms. The van der Waals surface area contributed by atoms with E-state index in [0.29, 0.717) is 12.6 Å². The molecule has 21 heavy (non-hydrogen) atoms. The van der Waals surface area contributed by atoms with Crippen LogP contribution in [0.25, 0.3) is 0 Å². The van der Waals surface area contributed by atoms with E-state index in [1.807, 2.05) is 6.92 Å². The number of benzene rings is 1. The maximum absolute atomic E-state index is 13.9. The summed E-state index contributed by atoms with van der Waals surface area (Å²) in [6.07, 6.45) is -3.98. The highest BCUT2D eigenvalue weighted by molar-refractivity contribution is 5.95. The Morgan fingerprint density at radius 2 is 2.10 bits per heavy atom. The number of piperidine rings is 1. The zero-order chi connectivity index (χ0) is 15.6. The van der Waals surface area contributed by atoms with Crippen molar-refractivity contribution in [2.24, 2.45) is 5.92 Å². The van der Waals surface area contributed by atoms with E-state index < -0.39 is 29.0 Å². The molecule has 0 spiro atoms. The van der Waals surface area contributed by atoms with E-state index in [0.717, 1.165) is 25.1 Å². The maximum atomic E-state index is 13.9. The summed E-state index contributed by atoms with van der Waals surface area (Å²) in [5.41, 5.74) is -2.01. The van der Waals surface area contributed by atoms with Gasteiger partial charge >= 0.3 is 6.18 Å². The van der Waals surface area contributed by atoms with E-state index in [9.17, 15) is 22.4 Å². The molecule has 1 saturated heterocycles. The molecule has 1 heterocycles. The molecule has 1 fully saturated rings. The fourth-order valence-corrected chi connectivity index (χ4v) is 2.36. The van der Waals surface area contributed by atoms with Gasteiger partial charge in [0.2, 0.25) is 0 Å². The number of rotatable bonds is 2. The number of halogens is 4. The van der Waals surface area contributed by atoms with Crippen LogP contribution < -0.4 is 10.6 Å². The molecule has 1 aliphatic heterocycles. The van der Waals surface area contributed by atoms with Crippen LogP contribution in [0.4, 0.5) is 17.6 Å². The van der Waals surface area contributed by atoms with Gasteiger partial charge in [-0.2, -0.15) is 13.2 Å². The first-order valence-corrected chi connectivity index (χ1v) is 6.68. The molecule has 1 aliphatic rings. The minimum atomic E-state index is -4.82. The molecule has 0 bridgehead atoms. The van der Waals surface area contributed by atoms with Gasteiger partial charge in [-0.1, -0.05) is 13.0 Å². The van der Waals surface area contributed by atoms with Crippen molar-refractivity contribution in [3.05, 3.63) is 35.1 Å². The van der Waals surface area contributed by atoms with Crippen LogP contribution in [0.2, 0.25) is 0 Å². The molecule has 1 aromatic carbocycles. The lowest BCUT2D eigenvalue weighted by Crippen LogP contribution is -2.50. The van der Waals surface area contributed by atoms with Gasteiger partial charge < -0.3 is 10.6 Å². The standard InChI is InChI=1S/C14H16F4N2O/c1-8-5-6-19-7-11(8)20-13(21)9-3-2-4-10(12(9)15)14(16,17)18/h2-4,8,11,19H,5-7H2,1H3,(H,20,21). The van der Waals surface area contributed by atoms with Gasteiger partial charge in [-0.3, -0.25) is 4.79 Å². The smallest absolute Gasteiger partial charge is 0.348 e. The SMILES string of the molecule is CC1CCNCC1NC(=O)c1cccc(C(F)(F)F)c1F. The first-order chi connectivity index (χ1) is 9.80. The van der Waals surface area contributed by atoms with Crippen molar-refractivity contribution in [2.45, 2.75) is 25.6 Å². The van der Waals surface area contributed by atoms with Crippen molar-refractivity contribution in [3.63, 3.8) is 0 Å². The number of hydrogen-bond acceptors (Lipinski definition) is 2. The topological polar surface area (TPSA) is 41.1 Å². The average molecular weight is 304 g/mol. The minimum absolute atomic E-state index is 0.184. The highest BCUT2D eigenvalue weighted by atomic mass is 19.4. The quantitative estimate of drug-likeness (QED) is 0.825. The number of hydrogen-bond donors (Lipinski definition) is 2. The van der Waals surface area contributed by atoms with Gasteiger partial charge in [-0.25, -0.2) is 4.39 Å². The van der Waals surface area contributed by atoms with Crippen molar-refractivity contribution >= 4 is 5.91 Å². The van der Waals surface area contributed by atoms with Crippen LogP contribution in [-0.2, 0) is 6.18 Å². The second-order valence-corrected chi connectivity index (χ2v) is 5.21. The first-order valence-electron chi connectivity index (χ1n) is 6.68. The Kier molecular flexibility index (Phi) is 4.51. The Morgan fingerprint density at radius 1 is 1.38 bits per heavy atom. The third-order valence-corrected chi connectivity index (χ3v) is 3.69. The molecule has 2 N–H and O–H groups in total. The molecule has 2 atom stereocenters. The molecule has 1 aromatic rings. The first kappa shape index (κ1) is 15.8. The van der Waals surface area contributed by atoms with Crippen LogP contribution in [0.15, 0.2) is 18.2 Å². The summed E-state index contributed by atoms with van der Waals surface area (Å²) in [5.74, 6) is -2.16. The van der Waals surface area contributed by atoms with E-state index in [1.165, 1.54) is 0 Å². The van der Waals surface area contributed by atoms with E-state index in [4.69, 9.17) is 0 Å². The van der Waals surface area contributed by atoms with Gasteiger partial charge in [0, 0.05) is 12.6 Å². The monoisotopic (exact) mass is 304 g/mol.